The molecule has 2 rings (SSSR count). The predicted molar refractivity (Wildman–Crippen MR) is 73.8 cm³/mol. The van der Waals surface area contributed by atoms with Crippen LogP contribution in [0.1, 0.15) is 19.3 Å². The summed E-state index contributed by atoms with van der Waals surface area (Å²) in [6.45, 7) is 0.959. The molecule has 0 spiro atoms. The van der Waals surface area contributed by atoms with Gasteiger partial charge in [0, 0.05) is 19.1 Å². The minimum atomic E-state index is -2.95. The van der Waals surface area contributed by atoms with Crippen LogP contribution < -0.4 is 5.32 Å². The van der Waals surface area contributed by atoms with E-state index in [1.54, 1.807) is 0 Å². The van der Waals surface area contributed by atoms with Gasteiger partial charge in [0.25, 0.3) is 0 Å². The molecule has 0 aromatic carbocycles. The molecule has 2 fully saturated rings. The maximum atomic E-state index is 12.1. The maximum absolute atomic E-state index is 12.1. The topological polar surface area (TPSA) is 113 Å². The van der Waals surface area contributed by atoms with Crippen LogP contribution in [-0.2, 0) is 19.4 Å². The van der Waals surface area contributed by atoms with Gasteiger partial charge in [0.15, 0.2) is 0 Å². The first kappa shape index (κ1) is 16.0. The van der Waals surface area contributed by atoms with E-state index < -0.39 is 21.9 Å². The predicted octanol–water partition coefficient (Wildman–Crippen LogP) is -0.551. The first-order valence-corrected chi connectivity index (χ1v) is 8.77. The summed E-state index contributed by atoms with van der Waals surface area (Å²) in [6, 6.07) is -0.417. The number of carbonyl (C=O) groups is 2. The molecule has 0 aliphatic carbocycles. The lowest BCUT2D eigenvalue weighted by Gasteiger charge is -2.34. The maximum Gasteiger partial charge on any atom is 0.317 e. The van der Waals surface area contributed by atoms with Crippen LogP contribution in [0, 0.1) is 0 Å². The fraction of sp³-hybridized carbons (Fsp3) is 0.833. The Hall–Kier alpha value is -1.35. The molecular formula is C12H20N2O6S. The average Bonchev–Trinajstić information content (AvgIpc) is 2.41. The molecule has 0 aromatic rings. The smallest absolute Gasteiger partial charge is 0.317 e. The third-order valence-corrected chi connectivity index (χ3v) is 5.43. The van der Waals surface area contributed by atoms with Crippen molar-refractivity contribution in [3.8, 4) is 0 Å². The number of sulfone groups is 1. The number of nitrogens with one attached hydrogen (secondary N) is 1. The fourth-order valence-corrected chi connectivity index (χ4v) is 4.01. The second-order valence-corrected chi connectivity index (χ2v) is 7.72. The van der Waals surface area contributed by atoms with Gasteiger partial charge < -0.3 is 20.1 Å². The summed E-state index contributed by atoms with van der Waals surface area (Å²) in [6.07, 6.45) is 0.230. The second-order valence-electron chi connectivity index (χ2n) is 5.41. The van der Waals surface area contributed by atoms with Gasteiger partial charge in [0.1, 0.15) is 9.84 Å². The summed E-state index contributed by atoms with van der Waals surface area (Å²) in [7, 11) is -2.95. The van der Waals surface area contributed by atoms with Crippen LogP contribution in [0.25, 0.3) is 0 Å². The van der Waals surface area contributed by atoms with Crippen molar-refractivity contribution < 1.29 is 27.9 Å². The number of rotatable bonds is 3. The van der Waals surface area contributed by atoms with Crippen molar-refractivity contribution in [2.24, 2.45) is 0 Å². The van der Waals surface area contributed by atoms with Gasteiger partial charge in [0.05, 0.1) is 30.6 Å². The molecule has 2 aliphatic heterocycles. The number of nitrogens with zero attached hydrogens (tertiary/aromatic N) is 1. The zero-order chi connectivity index (χ0) is 15.5. The highest BCUT2D eigenvalue weighted by Crippen LogP contribution is 2.14. The van der Waals surface area contributed by atoms with Crippen LogP contribution in [0.4, 0.5) is 4.79 Å². The molecule has 0 saturated carbocycles. The highest BCUT2D eigenvalue weighted by atomic mass is 32.2. The number of amides is 2. The SMILES string of the molecule is O=C(O)CC1CN(C(=O)NC2CCS(=O)(=O)CC2)CCO1. The average molecular weight is 320 g/mol. The Balaban J connectivity index is 1.81. The first-order chi connectivity index (χ1) is 9.85. The van der Waals surface area contributed by atoms with E-state index in [0.29, 0.717) is 26.0 Å². The number of hydrogen-bond acceptors (Lipinski definition) is 5. The minimum absolute atomic E-state index is 0.0999. The summed E-state index contributed by atoms with van der Waals surface area (Å²) in [5.41, 5.74) is 0. The Bertz CT molecular complexity index is 492. The molecule has 0 radical (unpaired) electrons. The zero-order valence-electron chi connectivity index (χ0n) is 11.7. The van der Waals surface area contributed by atoms with Crippen LogP contribution in [-0.4, -0.2) is 73.8 Å². The van der Waals surface area contributed by atoms with Crippen molar-refractivity contribution >= 4 is 21.8 Å². The van der Waals surface area contributed by atoms with E-state index >= 15 is 0 Å². The van der Waals surface area contributed by atoms with Crippen molar-refractivity contribution in [3.05, 3.63) is 0 Å². The minimum Gasteiger partial charge on any atom is -0.481 e. The third kappa shape index (κ3) is 4.85. The molecule has 2 saturated heterocycles. The van der Waals surface area contributed by atoms with Gasteiger partial charge in [-0.05, 0) is 12.8 Å². The van der Waals surface area contributed by atoms with Gasteiger partial charge in [-0.15, -0.1) is 0 Å². The van der Waals surface area contributed by atoms with E-state index in [2.05, 4.69) is 5.32 Å². The monoisotopic (exact) mass is 320 g/mol. The van der Waals surface area contributed by atoms with Crippen molar-refractivity contribution in [3.63, 3.8) is 0 Å². The van der Waals surface area contributed by atoms with Crippen LogP contribution in [0.5, 0.6) is 0 Å². The zero-order valence-corrected chi connectivity index (χ0v) is 12.5. The quantitative estimate of drug-likeness (QED) is 0.721. The summed E-state index contributed by atoms with van der Waals surface area (Å²) in [4.78, 5) is 24.3. The van der Waals surface area contributed by atoms with Crippen molar-refractivity contribution in [2.75, 3.05) is 31.2 Å². The molecular weight excluding hydrogens is 300 g/mol. The Morgan fingerprint density at radius 2 is 1.95 bits per heavy atom. The molecule has 21 heavy (non-hydrogen) atoms. The fourth-order valence-electron chi connectivity index (χ4n) is 2.52. The number of urea groups is 1. The van der Waals surface area contributed by atoms with Gasteiger partial charge in [-0.1, -0.05) is 0 Å². The second kappa shape index (κ2) is 6.61. The molecule has 2 amide bonds. The van der Waals surface area contributed by atoms with Crippen LogP contribution >= 0.6 is 0 Å². The molecule has 120 valence electrons. The normalized spacial score (nSPS) is 26.3. The molecule has 1 atom stereocenters. The van der Waals surface area contributed by atoms with Crippen molar-refractivity contribution in [1.29, 1.82) is 0 Å². The highest BCUT2D eigenvalue weighted by Gasteiger charge is 2.29. The molecule has 0 bridgehead atoms. The largest absolute Gasteiger partial charge is 0.481 e. The van der Waals surface area contributed by atoms with E-state index in [-0.39, 0.29) is 36.5 Å². The van der Waals surface area contributed by atoms with Crippen LogP contribution in [0.15, 0.2) is 0 Å². The van der Waals surface area contributed by atoms with Crippen LogP contribution in [0.2, 0.25) is 0 Å². The van der Waals surface area contributed by atoms with E-state index in [9.17, 15) is 18.0 Å². The molecule has 1 unspecified atom stereocenters. The number of morpholine rings is 1. The molecule has 9 heteroatoms. The number of aliphatic carboxylic acids is 1. The van der Waals surface area contributed by atoms with Gasteiger partial charge in [-0.25, -0.2) is 13.2 Å². The number of carbonyl (C=O) groups excluding carboxylic acids is 1. The van der Waals surface area contributed by atoms with Gasteiger partial charge in [-0.3, -0.25) is 4.79 Å². The number of carboxylic acids is 1. The number of hydrogen-bond donors (Lipinski definition) is 2. The Morgan fingerprint density at radius 3 is 2.57 bits per heavy atom. The third-order valence-electron chi connectivity index (χ3n) is 3.71. The Kier molecular flexibility index (Phi) is 5.04. The Morgan fingerprint density at radius 1 is 1.29 bits per heavy atom. The lowest BCUT2D eigenvalue weighted by atomic mass is 10.1. The first-order valence-electron chi connectivity index (χ1n) is 6.95. The summed E-state index contributed by atoms with van der Waals surface area (Å²) < 4.78 is 28.0. The molecule has 2 aliphatic rings. The van der Waals surface area contributed by atoms with E-state index in [1.807, 2.05) is 0 Å². The number of ether oxygens (including phenoxy) is 1. The van der Waals surface area contributed by atoms with E-state index in [4.69, 9.17) is 9.84 Å². The highest BCUT2D eigenvalue weighted by molar-refractivity contribution is 7.91. The summed E-state index contributed by atoms with van der Waals surface area (Å²) >= 11 is 0. The Labute approximate surface area is 123 Å². The molecule has 0 aromatic heterocycles. The summed E-state index contributed by atoms with van der Waals surface area (Å²) in [5.74, 6) is -0.759. The van der Waals surface area contributed by atoms with Crippen LogP contribution in [0.3, 0.4) is 0 Å². The lowest BCUT2D eigenvalue weighted by Crippen LogP contribution is -2.53. The van der Waals surface area contributed by atoms with Gasteiger partial charge >= 0.3 is 12.0 Å². The lowest BCUT2D eigenvalue weighted by molar-refractivity contribution is -0.141. The van der Waals surface area contributed by atoms with Crippen molar-refractivity contribution in [2.45, 2.75) is 31.4 Å². The van der Waals surface area contributed by atoms with E-state index in [1.165, 1.54) is 4.90 Å². The van der Waals surface area contributed by atoms with Crippen molar-refractivity contribution in [1.82, 2.24) is 10.2 Å². The van der Waals surface area contributed by atoms with E-state index in [0.717, 1.165) is 0 Å². The molecule has 8 nitrogen and oxygen atoms in total. The van der Waals surface area contributed by atoms with Gasteiger partial charge in [-0.2, -0.15) is 0 Å². The standard InChI is InChI=1S/C12H20N2O6S/c15-11(16)7-10-8-14(3-4-20-10)12(17)13-9-1-5-21(18,19)6-2-9/h9-10H,1-8H2,(H,13,17)(H,15,16). The molecule has 2 N–H and O–H groups in total. The summed E-state index contributed by atoms with van der Waals surface area (Å²) in [5, 5.41) is 11.6. The number of carboxylic acid groups (broad SMARTS) is 1. The van der Waals surface area contributed by atoms with Gasteiger partial charge in [0.2, 0.25) is 0 Å². The molecule has 2 heterocycles.